The molecule has 0 unspecified atom stereocenters. The van der Waals surface area contributed by atoms with Gasteiger partial charge >= 0.3 is 12.1 Å². The molecule has 0 aliphatic rings. The molecule has 2 N–H and O–H groups in total. The number of esters is 1. The van der Waals surface area contributed by atoms with Gasteiger partial charge in [0, 0.05) is 36.2 Å². The minimum atomic E-state index is -0.779. The topological polar surface area (TPSA) is 146 Å². The highest BCUT2D eigenvalue weighted by Crippen LogP contribution is 2.21. The Morgan fingerprint density at radius 3 is 2.29 bits per heavy atom. The molecule has 0 radical (unpaired) electrons. The fourth-order valence-electron chi connectivity index (χ4n) is 2.43. The first kappa shape index (κ1) is 23.3. The molecule has 0 aromatic heterocycles. The summed E-state index contributed by atoms with van der Waals surface area (Å²) in [4.78, 5) is 46.8. The second kappa shape index (κ2) is 11.3. The predicted molar refractivity (Wildman–Crippen MR) is 110 cm³/mol. The zero-order chi connectivity index (χ0) is 22.8. The molecule has 11 nitrogen and oxygen atoms in total. The van der Waals surface area contributed by atoms with Crippen molar-refractivity contribution >= 4 is 35.0 Å². The van der Waals surface area contributed by atoms with Crippen LogP contribution < -0.4 is 10.6 Å². The van der Waals surface area contributed by atoms with E-state index in [1.54, 1.807) is 25.1 Å². The Balaban J connectivity index is 2.16. The van der Waals surface area contributed by atoms with Crippen molar-refractivity contribution in [2.45, 2.75) is 6.92 Å². The van der Waals surface area contributed by atoms with Crippen LogP contribution in [0.1, 0.15) is 27.6 Å². The van der Waals surface area contributed by atoms with Gasteiger partial charge in [0.05, 0.1) is 23.7 Å². The van der Waals surface area contributed by atoms with E-state index in [1.807, 2.05) is 0 Å². The zero-order valence-electron chi connectivity index (χ0n) is 16.9. The number of nitro benzene ring substituents is 1. The third-order valence-electron chi connectivity index (χ3n) is 3.79. The Hall–Kier alpha value is -3.99. The van der Waals surface area contributed by atoms with Crippen molar-refractivity contribution in [1.82, 2.24) is 0 Å². The Morgan fingerprint density at radius 2 is 1.65 bits per heavy atom. The Labute approximate surface area is 177 Å². The Morgan fingerprint density at radius 1 is 0.968 bits per heavy atom. The summed E-state index contributed by atoms with van der Waals surface area (Å²) in [6.45, 7) is 2.00. The van der Waals surface area contributed by atoms with Crippen molar-refractivity contribution in [3.63, 3.8) is 0 Å². The first-order valence-electron chi connectivity index (χ1n) is 9.14. The average molecular weight is 431 g/mol. The molecule has 2 aromatic carbocycles. The van der Waals surface area contributed by atoms with Crippen LogP contribution in [0.2, 0.25) is 0 Å². The number of nitrogens with zero attached hydrogens (tertiary/aromatic N) is 1. The number of non-ortho nitro benzene ring substituents is 1. The van der Waals surface area contributed by atoms with Crippen LogP contribution in [0.3, 0.4) is 0 Å². The molecule has 31 heavy (non-hydrogen) atoms. The monoisotopic (exact) mass is 431 g/mol. The molecule has 0 bridgehead atoms. The highest BCUT2D eigenvalue weighted by Gasteiger charge is 2.19. The van der Waals surface area contributed by atoms with Crippen molar-refractivity contribution < 1.29 is 33.5 Å². The lowest BCUT2D eigenvalue weighted by atomic mass is 10.1. The fraction of sp³-hybridized carbons (Fsp3) is 0.250. The van der Waals surface area contributed by atoms with Crippen LogP contribution >= 0.6 is 0 Å². The predicted octanol–water partition coefficient (Wildman–Crippen LogP) is 3.22. The summed E-state index contributed by atoms with van der Waals surface area (Å²) in [6, 6.07) is 9.48. The van der Waals surface area contributed by atoms with Crippen molar-refractivity contribution in [1.29, 1.82) is 0 Å². The van der Waals surface area contributed by atoms with Gasteiger partial charge in [-0.15, -0.1) is 0 Å². The van der Waals surface area contributed by atoms with Crippen molar-refractivity contribution in [2.24, 2.45) is 0 Å². The molecule has 0 saturated heterocycles. The molecule has 2 aromatic rings. The summed E-state index contributed by atoms with van der Waals surface area (Å²) in [7, 11) is 1.48. The van der Waals surface area contributed by atoms with Gasteiger partial charge in [-0.2, -0.15) is 0 Å². The first-order valence-corrected chi connectivity index (χ1v) is 9.14. The molecule has 0 spiro atoms. The number of amides is 2. The van der Waals surface area contributed by atoms with E-state index in [2.05, 4.69) is 10.6 Å². The van der Waals surface area contributed by atoms with E-state index in [-0.39, 0.29) is 30.9 Å². The van der Waals surface area contributed by atoms with Gasteiger partial charge in [-0.1, -0.05) is 6.07 Å². The number of ether oxygens (including phenoxy) is 3. The molecule has 2 amide bonds. The maximum Gasteiger partial charge on any atom is 0.411 e. The summed E-state index contributed by atoms with van der Waals surface area (Å²) >= 11 is 0. The highest BCUT2D eigenvalue weighted by atomic mass is 16.6. The quantitative estimate of drug-likeness (QED) is 0.266. The average Bonchev–Trinajstić information content (AvgIpc) is 2.74. The number of carbonyl (C=O) groups is 3. The second-order valence-electron chi connectivity index (χ2n) is 6.03. The number of benzene rings is 2. The number of hydrogen-bond donors (Lipinski definition) is 2. The van der Waals surface area contributed by atoms with Gasteiger partial charge in [-0.3, -0.25) is 20.2 Å². The lowest BCUT2D eigenvalue weighted by molar-refractivity contribution is -0.384. The molecule has 2 rings (SSSR count). The number of hydrogen-bond acceptors (Lipinski definition) is 8. The summed E-state index contributed by atoms with van der Waals surface area (Å²) in [5.41, 5.74) is 0.0188. The van der Waals surface area contributed by atoms with Gasteiger partial charge in [0.15, 0.2) is 0 Å². The molecular weight excluding hydrogens is 410 g/mol. The zero-order valence-corrected chi connectivity index (χ0v) is 16.9. The first-order chi connectivity index (χ1) is 14.8. The van der Waals surface area contributed by atoms with Crippen LogP contribution in [-0.2, 0) is 14.2 Å². The summed E-state index contributed by atoms with van der Waals surface area (Å²) < 4.78 is 14.5. The molecule has 0 aliphatic carbocycles. The van der Waals surface area contributed by atoms with Gasteiger partial charge in [0.2, 0.25) is 0 Å². The van der Waals surface area contributed by atoms with Crippen LogP contribution in [0.5, 0.6) is 0 Å². The highest BCUT2D eigenvalue weighted by molar-refractivity contribution is 6.06. The SMILES string of the molecule is CCOC(=O)c1cc(C(=O)Nc2cccc(NC(=O)OCCOC)c2)cc([N+](=O)[O-])c1. The van der Waals surface area contributed by atoms with Gasteiger partial charge < -0.3 is 19.5 Å². The van der Waals surface area contributed by atoms with E-state index < -0.39 is 28.6 Å². The van der Waals surface area contributed by atoms with E-state index in [0.717, 1.165) is 12.1 Å². The number of nitro groups is 1. The maximum absolute atomic E-state index is 12.6. The van der Waals surface area contributed by atoms with E-state index >= 15 is 0 Å². The lowest BCUT2D eigenvalue weighted by Gasteiger charge is -2.10. The van der Waals surface area contributed by atoms with E-state index in [4.69, 9.17) is 14.2 Å². The van der Waals surface area contributed by atoms with Crippen molar-refractivity contribution in [3.05, 3.63) is 63.7 Å². The van der Waals surface area contributed by atoms with Gasteiger partial charge in [0.1, 0.15) is 6.61 Å². The molecule has 0 aliphatic heterocycles. The van der Waals surface area contributed by atoms with Crippen LogP contribution in [0.25, 0.3) is 0 Å². The smallest absolute Gasteiger partial charge is 0.411 e. The third-order valence-corrected chi connectivity index (χ3v) is 3.79. The number of nitrogens with one attached hydrogen (secondary N) is 2. The summed E-state index contributed by atoms with van der Waals surface area (Å²) in [5.74, 6) is -1.47. The molecule has 11 heteroatoms. The molecular formula is C20H21N3O8. The lowest BCUT2D eigenvalue weighted by Crippen LogP contribution is -2.17. The minimum Gasteiger partial charge on any atom is -0.462 e. The number of rotatable bonds is 9. The maximum atomic E-state index is 12.6. The van der Waals surface area contributed by atoms with E-state index in [1.165, 1.54) is 19.2 Å². The Kier molecular flexibility index (Phi) is 8.46. The number of methoxy groups -OCH3 is 1. The van der Waals surface area contributed by atoms with Gasteiger partial charge in [-0.05, 0) is 31.2 Å². The van der Waals surface area contributed by atoms with E-state index in [0.29, 0.717) is 11.4 Å². The molecule has 0 saturated carbocycles. The molecule has 0 fully saturated rings. The third kappa shape index (κ3) is 7.08. The molecule has 0 atom stereocenters. The normalized spacial score (nSPS) is 10.1. The van der Waals surface area contributed by atoms with Crippen LogP contribution in [-0.4, -0.2) is 49.8 Å². The summed E-state index contributed by atoms with van der Waals surface area (Å²) in [5, 5.41) is 16.2. The number of carbonyl (C=O) groups excluding carboxylic acids is 3. The van der Waals surface area contributed by atoms with Crippen LogP contribution in [0, 0.1) is 10.1 Å². The minimum absolute atomic E-state index is 0.0777. The van der Waals surface area contributed by atoms with Gasteiger partial charge in [0.25, 0.3) is 11.6 Å². The van der Waals surface area contributed by atoms with E-state index in [9.17, 15) is 24.5 Å². The van der Waals surface area contributed by atoms with Crippen LogP contribution in [0.15, 0.2) is 42.5 Å². The van der Waals surface area contributed by atoms with Crippen molar-refractivity contribution in [3.8, 4) is 0 Å². The standard InChI is InChI=1S/C20H21N3O8/c1-3-30-19(25)14-9-13(10-17(11-14)23(27)28)18(24)21-15-5-4-6-16(12-15)22-20(26)31-8-7-29-2/h4-6,9-12H,3,7-8H2,1-2H3,(H,21,24)(H,22,26). The fourth-order valence-corrected chi connectivity index (χ4v) is 2.43. The molecule has 0 heterocycles. The number of anilines is 2. The van der Waals surface area contributed by atoms with Crippen molar-refractivity contribution in [2.75, 3.05) is 37.6 Å². The largest absolute Gasteiger partial charge is 0.462 e. The van der Waals surface area contributed by atoms with Crippen LogP contribution in [0.4, 0.5) is 21.9 Å². The Bertz CT molecular complexity index is 977. The summed E-state index contributed by atoms with van der Waals surface area (Å²) in [6.07, 6.45) is -0.696. The molecule has 164 valence electrons. The van der Waals surface area contributed by atoms with Gasteiger partial charge in [-0.25, -0.2) is 9.59 Å². The second-order valence-corrected chi connectivity index (χ2v) is 6.03.